The number of nitro benzene ring substituents is 1. The van der Waals surface area contributed by atoms with Gasteiger partial charge >= 0.3 is 5.69 Å². The van der Waals surface area contributed by atoms with Crippen molar-refractivity contribution in [3.63, 3.8) is 0 Å². The van der Waals surface area contributed by atoms with Gasteiger partial charge in [0.25, 0.3) is 0 Å². The molecule has 94 valence electrons. The molecule has 0 amide bonds. The van der Waals surface area contributed by atoms with Crippen LogP contribution in [0.25, 0.3) is 0 Å². The van der Waals surface area contributed by atoms with Gasteiger partial charge in [-0.05, 0) is 6.07 Å². The predicted octanol–water partition coefficient (Wildman–Crippen LogP) is 4.05. The Kier molecular flexibility index (Phi) is 4.77. The van der Waals surface area contributed by atoms with Gasteiger partial charge in [0.1, 0.15) is 0 Å². The lowest BCUT2D eigenvalue weighted by atomic mass is 9.98. The molecular formula is C11H13BrClNO3. The number of alkyl halides is 1. The molecule has 0 N–H and O–H groups in total. The van der Waals surface area contributed by atoms with Gasteiger partial charge in [-0.2, -0.15) is 0 Å². The number of ether oxygens (including phenoxy) is 1. The van der Waals surface area contributed by atoms with Crippen molar-refractivity contribution in [3.05, 3.63) is 33.3 Å². The highest BCUT2D eigenvalue weighted by Crippen LogP contribution is 2.31. The van der Waals surface area contributed by atoms with E-state index in [4.69, 9.17) is 16.3 Å². The second-order valence-corrected chi connectivity index (χ2v) is 5.45. The maximum Gasteiger partial charge on any atom is 0.311 e. The Morgan fingerprint density at radius 2 is 2.18 bits per heavy atom. The predicted molar refractivity (Wildman–Crippen MR) is 71.2 cm³/mol. The maximum absolute atomic E-state index is 10.8. The summed E-state index contributed by atoms with van der Waals surface area (Å²) in [6, 6.07) is 4.28. The van der Waals surface area contributed by atoms with Crippen LogP contribution in [0, 0.1) is 15.5 Å². The van der Waals surface area contributed by atoms with Crippen LogP contribution in [-0.4, -0.2) is 16.9 Å². The minimum Gasteiger partial charge on any atom is -0.486 e. The number of hydrogen-bond donors (Lipinski definition) is 0. The first-order valence-electron chi connectivity index (χ1n) is 4.98. The number of rotatable bonds is 5. The van der Waals surface area contributed by atoms with Gasteiger partial charge in [-0.25, -0.2) is 0 Å². The van der Waals surface area contributed by atoms with E-state index in [9.17, 15) is 10.1 Å². The molecule has 0 aromatic heterocycles. The molecule has 0 saturated heterocycles. The van der Waals surface area contributed by atoms with E-state index < -0.39 is 4.92 Å². The summed E-state index contributed by atoms with van der Waals surface area (Å²) in [6.07, 6.45) is 0. The summed E-state index contributed by atoms with van der Waals surface area (Å²) < 4.78 is 5.48. The molecule has 0 bridgehead atoms. The first kappa shape index (κ1) is 14.3. The van der Waals surface area contributed by atoms with Crippen LogP contribution in [0.1, 0.15) is 13.8 Å². The maximum atomic E-state index is 10.8. The first-order chi connectivity index (χ1) is 7.85. The lowest BCUT2D eigenvalue weighted by Gasteiger charge is -2.21. The molecule has 0 heterocycles. The summed E-state index contributed by atoms with van der Waals surface area (Å²) in [7, 11) is 0. The van der Waals surface area contributed by atoms with Crippen molar-refractivity contribution in [2.45, 2.75) is 13.8 Å². The van der Waals surface area contributed by atoms with Crippen LogP contribution in [0.4, 0.5) is 5.69 Å². The minimum absolute atomic E-state index is 0.0697. The highest BCUT2D eigenvalue weighted by molar-refractivity contribution is 9.09. The Morgan fingerprint density at radius 3 is 2.71 bits per heavy atom. The fourth-order valence-corrected chi connectivity index (χ4v) is 1.39. The van der Waals surface area contributed by atoms with Gasteiger partial charge in [-0.3, -0.25) is 10.1 Å². The molecule has 0 saturated carbocycles. The normalized spacial score (nSPS) is 11.3. The molecule has 0 radical (unpaired) electrons. The Bertz CT molecular complexity index is 423. The molecule has 0 aliphatic heterocycles. The van der Waals surface area contributed by atoms with Gasteiger partial charge in [-0.15, -0.1) is 0 Å². The van der Waals surface area contributed by atoms with Crippen molar-refractivity contribution in [3.8, 4) is 5.75 Å². The van der Waals surface area contributed by atoms with E-state index in [2.05, 4.69) is 15.9 Å². The molecule has 0 spiro atoms. The monoisotopic (exact) mass is 321 g/mol. The fourth-order valence-electron chi connectivity index (χ4n) is 1.07. The quantitative estimate of drug-likeness (QED) is 0.467. The molecule has 1 aromatic rings. The number of nitrogens with zero attached hydrogens (tertiary/aromatic N) is 1. The molecule has 4 nitrogen and oxygen atoms in total. The van der Waals surface area contributed by atoms with Crippen LogP contribution < -0.4 is 4.74 Å². The summed E-state index contributed by atoms with van der Waals surface area (Å²) in [4.78, 5) is 10.3. The van der Waals surface area contributed by atoms with Gasteiger partial charge in [0.05, 0.1) is 11.5 Å². The van der Waals surface area contributed by atoms with Crippen molar-refractivity contribution in [2.75, 3.05) is 11.9 Å². The number of halogens is 2. The van der Waals surface area contributed by atoms with Crippen molar-refractivity contribution in [2.24, 2.45) is 5.41 Å². The Hall–Kier alpha value is -0.810. The molecule has 0 fully saturated rings. The van der Waals surface area contributed by atoms with E-state index in [0.29, 0.717) is 11.6 Å². The van der Waals surface area contributed by atoms with Crippen molar-refractivity contribution in [1.82, 2.24) is 0 Å². The molecule has 0 aliphatic rings. The smallest absolute Gasteiger partial charge is 0.311 e. The standard InChI is InChI=1S/C11H13BrClNO3/c1-11(2,6-12)7-17-10-5-8(13)3-4-9(10)14(15)16/h3-5H,6-7H2,1-2H3. The van der Waals surface area contributed by atoms with Gasteiger partial charge < -0.3 is 4.74 Å². The number of hydrogen-bond acceptors (Lipinski definition) is 3. The van der Waals surface area contributed by atoms with Gasteiger partial charge in [-0.1, -0.05) is 41.4 Å². The van der Waals surface area contributed by atoms with E-state index in [1.807, 2.05) is 13.8 Å². The first-order valence-corrected chi connectivity index (χ1v) is 6.48. The van der Waals surface area contributed by atoms with E-state index in [0.717, 1.165) is 5.33 Å². The van der Waals surface area contributed by atoms with Gasteiger partial charge in [0.2, 0.25) is 0 Å². The van der Waals surface area contributed by atoms with E-state index in [-0.39, 0.29) is 16.9 Å². The van der Waals surface area contributed by atoms with Crippen LogP contribution in [-0.2, 0) is 0 Å². The lowest BCUT2D eigenvalue weighted by molar-refractivity contribution is -0.385. The van der Waals surface area contributed by atoms with Crippen LogP contribution in [0.2, 0.25) is 5.02 Å². The molecule has 1 aromatic carbocycles. The van der Waals surface area contributed by atoms with E-state index in [1.54, 1.807) is 0 Å². The molecule has 6 heteroatoms. The molecule has 1 rings (SSSR count). The SMILES string of the molecule is CC(C)(CBr)COc1cc(Cl)ccc1[N+](=O)[O-]. The second kappa shape index (κ2) is 5.69. The topological polar surface area (TPSA) is 52.4 Å². The van der Waals surface area contributed by atoms with Crippen LogP contribution >= 0.6 is 27.5 Å². The average molecular weight is 323 g/mol. The summed E-state index contributed by atoms with van der Waals surface area (Å²) >= 11 is 9.16. The Morgan fingerprint density at radius 1 is 1.53 bits per heavy atom. The van der Waals surface area contributed by atoms with Crippen molar-refractivity contribution < 1.29 is 9.66 Å². The third-order valence-corrected chi connectivity index (χ3v) is 3.85. The lowest BCUT2D eigenvalue weighted by Crippen LogP contribution is -2.23. The second-order valence-electron chi connectivity index (χ2n) is 4.46. The zero-order chi connectivity index (χ0) is 13.1. The average Bonchev–Trinajstić information content (AvgIpc) is 2.26. The zero-order valence-electron chi connectivity index (χ0n) is 9.57. The van der Waals surface area contributed by atoms with E-state index in [1.165, 1.54) is 18.2 Å². The largest absolute Gasteiger partial charge is 0.486 e. The highest BCUT2D eigenvalue weighted by atomic mass is 79.9. The van der Waals surface area contributed by atoms with Crippen molar-refractivity contribution >= 4 is 33.2 Å². The van der Waals surface area contributed by atoms with Gasteiger partial charge in [0, 0.05) is 27.9 Å². The fraction of sp³-hybridized carbons (Fsp3) is 0.455. The van der Waals surface area contributed by atoms with E-state index >= 15 is 0 Å². The third-order valence-electron chi connectivity index (χ3n) is 2.10. The van der Waals surface area contributed by atoms with Crippen LogP contribution in [0.3, 0.4) is 0 Å². The van der Waals surface area contributed by atoms with Gasteiger partial charge in [0.15, 0.2) is 5.75 Å². The molecular weight excluding hydrogens is 309 g/mol. The summed E-state index contributed by atoms with van der Waals surface area (Å²) in [5, 5.41) is 12.0. The third kappa shape index (κ3) is 4.16. The molecule has 0 aliphatic carbocycles. The Labute approximate surface area is 113 Å². The summed E-state index contributed by atoms with van der Waals surface area (Å²) in [5.41, 5.74) is -0.171. The molecule has 0 atom stereocenters. The zero-order valence-corrected chi connectivity index (χ0v) is 11.9. The molecule has 17 heavy (non-hydrogen) atoms. The molecule has 0 unspecified atom stereocenters. The minimum atomic E-state index is -0.479. The van der Waals surface area contributed by atoms with Crippen LogP contribution in [0.15, 0.2) is 18.2 Å². The summed E-state index contributed by atoms with van der Waals surface area (Å²) in [6.45, 7) is 4.37. The number of nitro groups is 1. The highest BCUT2D eigenvalue weighted by Gasteiger charge is 2.21. The number of benzene rings is 1. The summed E-state index contributed by atoms with van der Waals surface area (Å²) in [5.74, 6) is 0.205. The van der Waals surface area contributed by atoms with Crippen LogP contribution in [0.5, 0.6) is 5.75 Å². The van der Waals surface area contributed by atoms with Crippen molar-refractivity contribution in [1.29, 1.82) is 0 Å². The Balaban J connectivity index is 2.89.